The first kappa shape index (κ1) is 15.7. The lowest BCUT2D eigenvalue weighted by atomic mass is 9.70. The number of imidazole rings is 1. The van der Waals surface area contributed by atoms with Crippen molar-refractivity contribution in [1.29, 1.82) is 0 Å². The van der Waals surface area contributed by atoms with E-state index in [0.717, 1.165) is 17.5 Å². The van der Waals surface area contributed by atoms with Gasteiger partial charge < -0.3 is 4.74 Å². The van der Waals surface area contributed by atoms with Gasteiger partial charge in [0.15, 0.2) is 17.6 Å². The third-order valence-electron chi connectivity index (χ3n) is 7.17. The number of rotatable bonds is 3. The summed E-state index contributed by atoms with van der Waals surface area (Å²) in [7, 11) is 2.00. The minimum Gasteiger partial charge on any atom is -0.459 e. The van der Waals surface area contributed by atoms with Crippen molar-refractivity contribution >= 4 is 17.0 Å². The van der Waals surface area contributed by atoms with Gasteiger partial charge in [0.25, 0.3) is 0 Å². The maximum atomic E-state index is 12.6. The molecule has 2 aliphatic rings. The van der Waals surface area contributed by atoms with Crippen LogP contribution in [0, 0.1) is 16.7 Å². The highest BCUT2D eigenvalue weighted by Gasteiger charge is 2.62. The van der Waals surface area contributed by atoms with Crippen LogP contribution in [-0.2, 0) is 23.1 Å². The summed E-state index contributed by atoms with van der Waals surface area (Å²) < 4.78 is 10.0. The average Bonchev–Trinajstić information content (AvgIpc) is 3.03. The standard InChI is InChI=1S/C20H27N2O2/c1-19(2)14-9-10-20(19,3)17(11-14)24-18(23)12-22-13-21(4)15-7-5-6-8-16(15)22/h5-8,13-14,17H,9-12H2,1-4H3/q+1/t14-,17+,20+/m0/s1. The Labute approximate surface area is 143 Å². The zero-order valence-electron chi connectivity index (χ0n) is 15.1. The normalized spacial score (nSPS) is 30.8. The highest BCUT2D eigenvalue weighted by Crippen LogP contribution is 2.66. The van der Waals surface area contributed by atoms with E-state index in [9.17, 15) is 4.79 Å². The Kier molecular flexibility index (Phi) is 3.32. The number of aryl methyl sites for hydroxylation is 1. The van der Waals surface area contributed by atoms with Gasteiger partial charge in [0.2, 0.25) is 6.33 Å². The molecule has 1 aromatic carbocycles. The molecule has 0 N–H and O–H groups in total. The lowest BCUT2D eigenvalue weighted by Gasteiger charge is -2.38. The van der Waals surface area contributed by atoms with Crippen molar-refractivity contribution in [3.63, 3.8) is 0 Å². The molecule has 128 valence electrons. The average molecular weight is 327 g/mol. The third kappa shape index (κ3) is 2.04. The molecular weight excluding hydrogens is 300 g/mol. The predicted molar refractivity (Wildman–Crippen MR) is 92.2 cm³/mol. The first-order valence-corrected chi connectivity index (χ1v) is 8.96. The van der Waals surface area contributed by atoms with Gasteiger partial charge in [-0.1, -0.05) is 32.9 Å². The van der Waals surface area contributed by atoms with Crippen LogP contribution in [0.15, 0.2) is 30.6 Å². The summed E-state index contributed by atoms with van der Waals surface area (Å²) in [5.41, 5.74) is 2.58. The fourth-order valence-electron chi connectivity index (χ4n) is 5.11. The van der Waals surface area contributed by atoms with Gasteiger partial charge in [-0.25, -0.2) is 13.9 Å². The van der Waals surface area contributed by atoms with E-state index >= 15 is 0 Å². The van der Waals surface area contributed by atoms with Crippen molar-refractivity contribution in [1.82, 2.24) is 4.57 Å². The second-order valence-electron chi connectivity index (χ2n) is 8.43. The van der Waals surface area contributed by atoms with Gasteiger partial charge in [-0.3, -0.25) is 0 Å². The number of ether oxygens (including phenoxy) is 1. The lowest BCUT2D eigenvalue weighted by molar-refractivity contribution is -0.645. The van der Waals surface area contributed by atoms with Gasteiger partial charge in [-0.15, -0.1) is 0 Å². The Morgan fingerprint density at radius 3 is 2.75 bits per heavy atom. The molecule has 0 saturated heterocycles. The van der Waals surface area contributed by atoms with Crippen molar-refractivity contribution in [2.45, 2.75) is 52.7 Å². The highest BCUT2D eigenvalue weighted by molar-refractivity contribution is 5.75. The van der Waals surface area contributed by atoms with E-state index in [2.05, 4.69) is 26.8 Å². The molecule has 4 rings (SSSR count). The van der Waals surface area contributed by atoms with E-state index in [1.54, 1.807) is 0 Å². The van der Waals surface area contributed by atoms with Crippen LogP contribution in [-0.4, -0.2) is 16.6 Å². The zero-order chi connectivity index (χ0) is 17.1. The number of hydrogen-bond donors (Lipinski definition) is 0. The highest BCUT2D eigenvalue weighted by atomic mass is 16.5. The van der Waals surface area contributed by atoms with E-state index in [1.807, 2.05) is 40.7 Å². The Balaban J connectivity index is 1.52. The molecular formula is C20H27N2O2+. The quantitative estimate of drug-likeness (QED) is 0.641. The van der Waals surface area contributed by atoms with Crippen LogP contribution in [0.1, 0.15) is 40.0 Å². The van der Waals surface area contributed by atoms with E-state index in [4.69, 9.17) is 4.74 Å². The van der Waals surface area contributed by atoms with Crippen LogP contribution in [0.3, 0.4) is 0 Å². The Hall–Kier alpha value is -1.84. The van der Waals surface area contributed by atoms with Crippen molar-refractivity contribution in [2.75, 3.05) is 0 Å². The maximum absolute atomic E-state index is 12.6. The summed E-state index contributed by atoms with van der Waals surface area (Å²) in [5.74, 6) is 0.566. The van der Waals surface area contributed by atoms with E-state index in [1.165, 1.54) is 12.8 Å². The van der Waals surface area contributed by atoms with Crippen molar-refractivity contribution < 1.29 is 14.1 Å². The molecule has 0 aliphatic heterocycles. The van der Waals surface area contributed by atoms with Crippen LogP contribution in [0.4, 0.5) is 0 Å². The van der Waals surface area contributed by atoms with Crippen molar-refractivity contribution in [3.05, 3.63) is 30.6 Å². The molecule has 0 radical (unpaired) electrons. The van der Waals surface area contributed by atoms with Crippen molar-refractivity contribution in [2.24, 2.45) is 23.8 Å². The largest absolute Gasteiger partial charge is 0.459 e. The monoisotopic (exact) mass is 327 g/mol. The first-order valence-electron chi connectivity index (χ1n) is 8.96. The number of hydrogen-bond acceptors (Lipinski definition) is 2. The zero-order valence-corrected chi connectivity index (χ0v) is 15.1. The minimum atomic E-state index is -0.120. The molecule has 2 aromatic rings. The molecule has 24 heavy (non-hydrogen) atoms. The van der Waals surface area contributed by atoms with Crippen LogP contribution < -0.4 is 4.57 Å². The lowest BCUT2D eigenvalue weighted by Crippen LogP contribution is -2.38. The van der Waals surface area contributed by atoms with Gasteiger partial charge in [0.05, 0.1) is 7.05 Å². The van der Waals surface area contributed by atoms with Crippen LogP contribution in [0.2, 0.25) is 0 Å². The molecule has 4 nitrogen and oxygen atoms in total. The van der Waals surface area contributed by atoms with E-state index in [0.29, 0.717) is 5.92 Å². The minimum absolute atomic E-state index is 0.0642. The summed E-state index contributed by atoms with van der Waals surface area (Å²) in [5, 5.41) is 0. The molecule has 0 amide bonds. The van der Waals surface area contributed by atoms with E-state index < -0.39 is 0 Å². The summed E-state index contributed by atoms with van der Waals surface area (Å²) in [6.07, 6.45) is 5.50. The Bertz CT molecular complexity index is 807. The maximum Gasteiger partial charge on any atom is 0.348 e. The third-order valence-corrected chi connectivity index (χ3v) is 7.17. The number of fused-ring (bicyclic) bond motifs is 3. The number of aromatic nitrogens is 2. The summed E-state index contributed by atoms with van der Waals surface area (Å²) in [6.45, 7) is 7.28. The molecule has 4 heteroatoms. The number of esters is 1. The van der Waals surface area contributed by atoms with Gasteiger partial charge in [-0.2, -0.15) is 0 Å². The van der Waals surface area contributed by atoms with Gasteiger partial charge in [-0.05, 0) is 42.7 Å². The molecule has 0 unspecified atom stereocenters. The van der Waals surface area contributed by atoms with Crippen LogP contribution in [0.25, 0.3) is 11.0 Å². The van der Waals surface area contributed by atoms with Gasteiger partial charge >= 0.3 is 5.97 Å². The number of carbonyl (C=O) groups is 1. The molecule has 3 atom stereocenters. The van der Waals surface area contributed by atoms with Gasteiger partial charge in [0.1, 0.15) is 6.10 Å². The number of para-hydroxylation sites is 2. The summed E-state index contributed by atoms with van der Waals surface area (Å²) in [4.78, 5) is 12.6. The fraction of sp³-hybridized carbons (Fsp3) is 0.600. The first-order chi connectivity index (χ1) is 11.3. The SMILES string of the molecule is C[n+]1cn(CC(=O)O[C@@H]2C[C@@H]3CC[C@@]2(C)C3(C)C)c2ccccc21. The predicted octanol–water partition coefficient (Wildman–Crippen LogP) is 3.22. The molecule has 2 aliphatic carbocycles. The second kappa shape index (κ2) is 5.08. The fourth-order valence-corrected chi connectivity index (χ4v) is 5.11. The van der Waals surface area contributed by atoms with Crippen molar-refractivity contribution in [3.8, 4) is 0 Å². The molecule has 2 fully saturated rings. The molecule has 2 saturated carbocycles. The molecule has 0 spiro atoms. The van der Waals surface area contributed by atoms with Gasteiger partial charge in [0, 0.05) is 5.41 Å². The van der Waals surface area contributed by atoms with Crippen LogP contribution >= 0.6 is 0 Å². The number of nitrogens with zero attached hydrogens (tertiary/aromatic N) is 2. The topological polar surface area (TPSA) is 35.1 Å². The summed E-state index contributed by atoms with van der Waals surface area (Å²) >= 11 is 0. The number of benzene rings is 1. The molecule has 1 aromatic heterocycles. The Morgan fingerprint density at radius 1 is 1.33 bits per heavy atom. The molecule has 2 bridgehead atoms. The number of carbonyl (C=O) groups excluding carboxylic acids is 1. The summed E-state index contributed by atoms with van der Waals surface area (Å²) in [6, 6.07) is 8.13. The molecule has 1 heterocycles. The van der Waals surface area contributed by atoms with Crippen LogP contribution in [0.5, 0.6) is 0 Å². The smallest absolute Gasteiger partial charge is 0.348 e. The van der Waals surface area contributed by atoms with E-state index in [-0.39, 0.29) is 29.4 Å². The Morgan fingerprint density at radius 2 is 2.08 bits per heavy atom. The second-order valence-corrected chi connectivity index (χ2v) is 8.43.